The number of methoxy groups -OCH3 is 1. The Hall–Kier alpha value is -2.30. The van der Waals surface area contributed by atoms with E-state index in [0.717, 1.165) is 17.7 Å². The number of aromatic nitrogens is 1. The third-order valence-corrected chi connectivity index (χ3v) is 3.00. The first-order valence-corrected chi connectivity index (χ1v) is 5.95. The molecule has 0 amide bonds. The van der Waals surface area contributed by atoms with Gasteiger partial charge in [0.05, 0.1) is 12.8 Å². The van der Waals surface area contributed by atoms with Gasteiger partial charge in [0.15, 0.2) is 5.76 Å². The second-order valence-electron chi connectivity index (χ2n) is 4.16. The minimum Gasteiger partial charge on any atom is -0.496 e. The predicted octanol–water partition coefficient (Wildman–Crippen LogP) is 2.92. The summed E-state index contributed by atoms with van der Waals surface area (Å²) < 4.78 is 10.4. The first kappa shape index (κ1) is 13.1. The lowest BCUT2D eigenvalue weighted by Gasteiger charge is -2.08. The number of carboxylic acids is 1. The molecule has 0 aliphatic carbocycles. The summed E-state index contributed by atoms with van der Waals surface area (Å²) in [6.07, 6.45) is 0.784. The summed E-state index contributed by atoms with van der Waals surface area (Å²) in [7, 11) is 1.61. The van der Waals surface area contributed by atoms with E-state index < -0.39 is 5.97 Å². The predicted molar refractivity (Wildman–Crippen MR) is 69.6 cm³/mol. The number of rotatable bonds is 4. The molecule has 19 heavy (non-hydrogen) atoms. The average molecular weight is 261 g/mol. The van der Waals surface area contributed by atoms with Crippen LogP contribution in [0.1, 0.15) is 28.5 Å². The van der Waals surface area contributed by atoms with E-state index in [-0.39, 0.29) is 11.3 Å². The van der Waals surface area contributed by atoms with Gasteiger partial charge in [0, 0.05) is 5.56 Å². The summed E-state index contributed by atoms with van der Waals surface area (Å²) in [5, 5.41) is 12.9. The van der Waals surface area contributed by atoms with Crippen LogP contribution in [0.5, 0.6) is 5.75 Å². The fourth-order valence-corrected chi connectivity index (χ4v) is 2.01. The van der Waals surface area contributed by atoms with Crippen LogP contribution in [0.3, 0.4) is 0 Å². The fourth-order valence-electron chi connectivity index (χ4n) is 2.01. The van der Waals surface area contributed by atoms with Gasteiger partial charge in [0.25, 0.3) is 0 Å². The van der Waals surface area contributed by atoms with Gasteiger partial charge in [-0.25, -0.2) is 4.79 Å². The molecule has 1 aromatic carbocycles. The SMILES string of the molecule is CCc1cc(-c2onc(C)c2C(=O)O)ccc1OC. The quantitative estimate of drug-likeness (QED) is 0.916. The van der Waals surface area contributed by atoms with E-state index in [2.05, 4.69) is 5.16 Å². The molecule has 2 aromatic rings. The van der Waals surface area contributed by atoms with Crippen molar-refractivity contribution in [1.29, 1.82) is 0 Å². The van der Waals surface area contributed by atoms with Gasteiger partial charge >= 0.3 is 5.97 Å². The first-order chi connectivity index (χ1) is 9.08. The molecule has 5 heteroatoms. The number of carboxylic acid groups (broad SMARTS) is 1. The van der Waals surface area contributed by atoms with Crippen LogP contribution in [0.4, 0.5) is 0 Å². The molecule has 0 saturated carbocycles. The molecule has 0 fully saturated rings. The molecule has 100 valence electrons. The highest BCUT2D eigenvalue weighted by Crippen LogP contribution is 2.30. The van der Waals surface area contributed by atoms with Crippen molar-refractivity contribution in [1.82, 2.24) is 5.16 Å². The Balaban J connectivity index is 2.57. The lowest BCUT2D eigenvalue weighted by atomic mass is 10.0. The second-order valence-corrected chi connectivity index (χ2v) is 4.16. The molecule has 1 heterocycles. The highest BCUT2D eigenvalue weighted by atomic mass is 16.5. The molecule has 2 rings (SSSR count). The van der Waals surface area contributed by atoms with Crippen LogP contribution in [0.25, 0.3) is 11.3 Å². The smallest absolute Gasteiger partial charge is 0.341 e. The molecule has 0 saturated heterocycles. The number of aryl methyl sites for hydroxylation is 2. The minimum absolute atomic E-state index is 0.104. The lowest BCUT2D eigenvalue weighted by molar-refractivity contribution is 0.0696. The number of ether oxygens (including phenoxy) is 1. The molecule has 0 aliphatic heterocycles. The van der Waals surface area contributed by atoms with Crippen molar-refractivity contribution < 1.29 is 19.2 Å². The van der Waals surface area contributed by atoms with Gasteiger partial charge in [-0.15, -0.1) is 0 Å². The van der Waals surface area contributed by atoms with Crippen LogP contribution in [-0.4, -0.2) is 23.3 Å². The number of benzene rings is 1. The topological polar surface area (TPSA) is 72.6 Å². The van der Waals surface area contributed by atoms with E-state index in [0.29, 0.717) is 11.3 Å². The maximum atomic E-state index is 11.2. The van der Waals surface area contributed by atoms with Gasteiger partial charge in [-0.2, -0.15) is 0 Å². The van der Waals surface area contributed by atoms with Crippen molar-refractivity contribution in [3.8, 4) is 17.1 Å². The lowest BCUT2D eigenvalue weighted by Crippen LogP contribution is -1.99. The molecular formula is C14H15NO4. The van der Waals surface area contributed by atoms with Crippen LogP contribution in [0.2, 0.25) is 0 Å². The Morgan fingerprint density at radius 2 is 2.21 bits per heavy atom. The first-order valence-electron chi connectivity index (χ1n) is 5.95. The molecule has 0 aliphatic rings. The maximum Gasteiger partial charge on any atom is 0.341 e. The van der Waals surface area contributed by atoms with E-state index in [4.69, 9.17) is 9.26 Å². The van der Waals surface area contributed by atoms with Crippen molar-refractivity contribution in [2.75, 3.05) is 7.11 Å². The number of carbonyl (C=O) groups is 1. The zero-order valence-corrected chi connectivity index (χ0v) is 11.1. The summed E-state index contributed by atoms with van der Waals surface area (Å²) >= 11 is 0. The number of hydrogen-bond donors (Lipinski definition) is 1. The Kier molecular flexibility index (Phi) is 3.55. The summed E-state index contributed by atoms with van der Waals surface area (Å²) in [4.78, 5) is 11.2. The van der Waals surface area contributed by atoms with Gasteiger partial charge in [0.1, 0.15) is 11.3 Å². The van der Waals surface area contributed by atoms with Crippen LogP contribution in [0.15, 0.2) is 22.7 Å². The number of aromatic carboxylic acids is 1. The summed E-state index contributed by atoms with van der Waals surface area (Å²) in [6.45, 7) is 3.62. The minimum atomic E-state index is -1.04. The summed E-state index contributed by atoms with van der Waals surface area (Å²) in [5.41, 5.74) is 2.16. The Bertz CT molecular complexity index is 616. The fraction of sp³-hybridized carbons (Fsp3) is 0.286. The molecule has 0 radical (unpaired) electrons. The Morgan fingerprint density at radius 1 is 1.47 bits per heavy atom. The van der Waals surface area contributed by atoms with Crippen LogP contribution < -0.4 is 4.74 Å². The molecule has 1 N–H and O–H groups in total. The number of hydrogen-bond acceptors (Lipinski definition) is 4. The van der Waals surface area contributed by atoms with Crippen molar-refractivity contribution in [2.24, 2.45) is 0 Å². The number of nitrogens with zero attached hydrogens (tertiary/aromatic N) is 1. The molecule has 0 atom stereocenters. The van der Waals surface area contributed by atoms with E-state index in [1.165, 1.54) is 0 Å². The van der Waals surface area contributed by atoms with Gasteiger partial charge in [-0.1, -0.05) is 12.1 Å². The summed E-state index contributed by atoms with van der Waals surface area (Å²) in [5.74, 6) is 0.0179. The monoisotopic (exact) mass is 261 g/mol. The van der Waals surface area contributed by atoms with E-state index in [1.807, 2.05) is 13.0 Å². The van der Waals surface area contributed by atoms with Crippen molar-refractivity contribution >= 4 is 5.97 Å². The molecule has 0 unspecified atom stereocenters. The van der Waals surface area contributed by atoms with Crippen molar-refractivity contribution in [3.05, 3.63) is 35.0 Å². The van der Waals surface area contributed by atoms with Gasteiger partial charge in [-0.05, 0) is 37.1 Å². The average Bonchev–Trinajstić information content (AvgIpc) is 2.79. The Morgan fingerprint density at radius 3 is 2.79 bits per heavy atom. The molecule has 0 spiro atoms. The third kappa shape index (κ3) is 2.31. The zero-order chi connectivity index (χ0) is 14.0. The third-order valence-electron chi connectivity index (χ3n) is 3.00. The summed E-state index contributed by atoms with van der Waals surface area (Å²) in [6, 6.07) is 5.44. The van der Waals surface area contributed by atoms with Gasteiger partial charge < -0.3 is 14.4 Å². The van der Waals surface area contributed by atoms with Gasteiger partial charge in [0.2, 0.25) is 0 Å². The van der Waals surface area contributed by atoms with Crippen LogP contribution in [-0.2, 0) is 6.42 Å². The van der Waals surface area contributed by atoms with Crippen LogP contribution in [0, 0.1) is 6.92 Å². The normalized spacial score (nSPS) is 10.5. The largest absolute Gasteiger partial charge is 0.496 e. The molecular weight excluding hydrogens is 246 g/mol. The maximum absolute atomic E-state index is 11.2. The molecule has 0 bridgehead atoms. The van der Waals surface area contributed by atoms with Crippen molar-refractivity contribution in [3.63, 3.8) is 0 Å². The highest BCUT2D eigenvalue weighted by molar-refractivity contribution is 5.95. The van der Waals surface area contributed by atoms with Crippen LogP contribution >= 0.6 is 0 Å². The zero-order valence-electron chi connectivity index (χ0n) is 11.1. The Labute approximate surface area is 110 Å². The van der Waals surface area contributed by atoms with E-state index in [9.17, 15) is 9.90 Å². The van der Waals surface area contributed by atoms with Gasteiger partial charge in [-0.3, -0.25) is 0 Å². The van der Waals surface area contributed by atoms with E-state index in [1.54, 1.807) is 26.2 Å². The standard InChI is InChI=1S/C14H15NO4/c1-4-9-7-10(5-6-11(9)18-3)13-12(14(16)17)8(2)15-19-13/h5-7H,4H2,1-3H3,(H,16,17). The molecule has 5 nitrogen and oxygen atoms in total. The highest BCUT2D eigenvalue weighted by Gasteiger charge is 2.21. The van der Waals surface area contributed by atoms with Crippen molar-refractivity contribution in [2.45, 2.75) is 20.3 Å². The second kappa shape index (κ2) is 5.14. The van der Waals surface area contributed by atoms with E-state index >= 15 is 0 Å². The molecule has 1 aromatic heterocycles.